The topological polar surface area (TPSA) is 113 Å². The molecule has 9 heteroatoms. The van der Waals surface area contributed by atoms with Crippen molar-refractivity contribution in [3.63, 3.8) is 0 Å². The van der Waals surface area contributed by atoms with Crippen molar-refractivity contribution in [2.45, 2.75) is 11.9 Å². The molecule has 0 aliphatic heterocycles. The number of carbonyl (C=O) groups excluding carboxylic acids is 1. The predicted octanol–water partition coefficient (Wildman–Crippen LogP) is 2.26. The molecule has 2 aromatic rings. The first-order valence-corrected chi connectivity index (χ1v) is 9.11. The maximum atomic E-state index is 12.2. The number of sulfone groups is 1. The van der Waals surface area contributed by atoms with E-state index in [1.807, 2.05) is 6.92 Å². The van der Waals surface area contributed by atoms with Gasteiger partial charge in [0.05, 0.1) is 11.3 Å². The number of carbonyl (C=O) groups is 2. The summed E-state index contributed by atoms with van der Waals surface area (Å²) < 4.78 is 25.0. The van der Waals surface area contributed by atoms with E-state index in [0.29, 0.717) is 10.2 Å². The van der Waals surface area contributed by atoms with E-state index in [2.05, 4.69) is 26.2 Å². The van der Waals surface area contributed by atoms with Gasteiger partial charge in [-0.05, 0) is 52.7 Å². The molecule has 0 aliphatic rings. The van der Waals surface area contributed by atoms with E-state index < -0.39 is 27.5 Å². The molecule has 1 heterocycles. The standard InChI is InChI=1S/C15H13BrN2O5S/c1-9-2-4-12(11(16)6-9)18-13(19)8-24(22,23)14-5-3-10(7-17-14)15(20)21/h2-7H,8H2,1H3,(H,18,19)(H,20,21). The van der Waals surface area contributed by atoms with E-state index >= 15 is 0 Å². The van der Waals surface area contributed by atoms with Gasteiger partial charge in [0.1, 0.15) is 5.75 Å². The van der Waals surface area contributed by atoms with E-state index in [1.54, 1.807) is 18.2 Å². The first-order valence-electron chi connectivity index (χ1n) is 6.67. The van der Waals surface area contributed by atoms with Crippen LogP contribution in [0.5, 0.6) is 0 Å². The second kappa shape index (κ2) is 7.10. The first-order chi connectivity index (χ1) is 11.2. The number of aryl methyl sites for hydroxylation is 1. The number of anilines is 1. The van der Waals surface area contributed by atoms with Crippen LogP contribution in [0.2, 0.25) is 0 Å². The number of amides is 1. The number of rotatable bonds is 5. The summed E-state index contributed by atoms with van der Waals surface area (Å²) in [7, 11) is -3.97. The number of aromatic carboxylic acids is 1. The minimum Gasteiger partial charge on any atom is -0.478 e. The molecule has 1 amide bonds. The van der Waals surface area contributed by atoms with Gasteiger partial charge < -0.3 is 10.4 Å². The molecule has 1 aromatic heterocycles. The van der Waals surface area contributed by atoms with Crippen molar-refractivity contribution in [3.8, 4) is 0 Å². The molecule has 0 spiro atoms. The lowest BCUT2D eigenvalue weighted by Gasteiger charge is -2.08. The number of hydrogen-bond acceptors (Lipinski definition) is 5. The highest BCUT2D eigenvalue weighted by Gasteiger charge is 2.21. The van der Waals surface area contributed by atoms with E-state index in [-0.39, 0.29) is 10.6 Å². The van der Waals surface area contributed by atoms with Gasteiger partial charge in [0.2, 0.25) is 15.7 Å². The van der Waals surface area contributed by atoms with Crippen LogP contribution in [0.1, 0.15) is 15.9 Å². The quantitative estimate of drug-likeness (QED) is 0.778. The van der Waals surface area contributed by atoms with Crippen LogP contribution in [0.15, 0.2) is 46.0 Å². The van der Waals surface area contributed by atoms with Gasteiger partial charge in [-0.3, -0.25) is 4.79 Å². The van der Waals surface area contributed by atoms with Crippen LogP contribution in [0, 0.1) is 6.92 Å². The zero-order chi connectivity index (χ0) is 17.9. The maximum absolute atomic E-state index is 12.2. The molecule has 1 aromatic carbocycles. The number of nitrogens with one attached hydrogen (secondary N) is 1. The van der Waals surface area contributed by atoms with Crippen LogP contribution in [-0.2, 0) is 14.6 Å². The first kappa shape index (κ1) is 18.1. The molecule has 0 saturated heterocycles. The summed E-state index contributed by atoms with van der Waals surface area (Å²) >= 11 is 3.29. The number of carboxylic acids is 1. The Morgan fingerprint density at radius 3 is 2.50 bits per heavy atom. The molecule has 2 N–H and O–H groups in total. The molecule has 0 fully saturated rings. The Labute approximate surface area is 146 Å². The molecule has 0 aliphatic carbocycles. The van der Waals surface area contributed by atoms with Crippen molar-refractivity contribution < 1.29 is 23.1 Å². The zero-order valence-electron chi connectivity index (χ0n) is 12.5. The lowest BCUT2D eigenvalue weighted by Crippen LogP contribution is -2.23. The Morgan fingerprint density at radius 1 is 1.25 bits per heavy atom. The van der Waals surface area contributed by atoms with Crippen molar-refractivity contribution in [3.05, 3.63) is 52.1 Å². The zero-order valence-corrected chi connectivity index (χ0v) is 14.9. The smallest absolute Gasteiger partial charge is 0.337 e. The third kappa shape index (κ3) is 4.39. The SMILES string of the molecule is Cc1ccc(NC(=O)CS(=O)(=O)c2ccc(C(=O)O)cn2)c(Br)c1. The average molecular weight is 413 g/mol. The van der Waals surface area contributed by atoms with Gasteiger partial charge in [0.25, 0.3) is 0 Å². The third-order valence-electron chi connectivity index (χ3n) is 3.02. The van der Waals surface area contributed by atoms with E-state index in [1.165, 1.54) is 0 Å². The highest BCUT2D eigenvalue weighted by Crippen LogP contribution is 2.23. The second-order valence-corrected chi connectivity index (χ2v) is 7.77. The Morgan fingerprint density at radius 2 is 1.96 bits per heavy atom. The minimum absolute atomic E-state index is 0.137. The van der Waals surface area contributed by atoms with E-state index in [9.17, 15) is 18.0 Å². The normalized spacial score (nSPS) is 11.1. The highest BCUT2D eigenvalue weighted by atomic mass is 79.9. The molecule has 0 bridgehead atoms. The van der Waals surface area contributed by atoms with Crippen molar-refractivity contribution in [2.24, 2.45) is 0 Å². The molecule has 0 radical (unpaired) electrons. The largest absolute Gasteiger partial charge is 0.478 e. The fourth-order valence-electron chi connectivity index (χ4n) is 1.85. The van der Waals surface area contributed by atoms with E-state index in [4.69, 9.17) is 5.11 Å². The highest BCUT2D eigenvalue weighted by molar-refractivity contribution is 9.10. The number of carboxylic acid groups (broad SMARTS) is 1. The molecule has 2 rings (SSSR count). The molecule has 7 nitrogen and oxygen atoms in total. The molecule has 0 atom stereocenters. The van der Waals surface area contributed by atoms with Gasteiger partial charge >= 0.3 is 5.97 Å². The van der Waals surface area contributed by atoms with Crippen LogP contribution < -0.4 is 5.32 Å². The summed E-state index contributed by atoms with van der Waals surface area (Å²) in [6, 6.07) is 7.41. The number of benzene rings is 1. The van der Waals surface area contributed by atoms with Crippen molar-refractivity contribution in [1.82, 2.24) is 4.98 Å². The van der Waals surface area contributed by atoms with Crippen molar-refractivity contribution in [2.75, 3.05) is 11.1 Å². The Bertz CT molecular complexity index is 895. The summed E-state index contributed by atoms with van der Waals surface area (Å²) in [5.41, 5.74) is 1.30. The van der Waals surface area contributed by atoms with Gasteiger partial charge in [0.15, 0.2) is 5.03 Å². The maximum Gasteiger partial charge on any atom is 0.337 e. The lowest BCUT2D eigenvalue weighted by atomic mass is 10.2. The number of aromatic nitrogens is 1. The van der Waals surface area contributed by atoms with Gasteiger partial charge in [0, 0.05) is 10.7 Å². The fraction of sp³-hybridized carbons (Fsp3) is 0.133. The Hall–Kier alpha value is -2.26. The van der Waals surface area contributed by atoms with Crippen LogP contribution in [0.4, 0.5) is 5.69 Å². The predicted molar refractivity (Wildman–Crippen MR) is 90.8 cm³/mol. The molecule has 24 heavy (non-hydrogen) atoms. The van der Waals surface area contributed by atoms with Gasteiger partial charge in [-0.1, -0.05) is 6.07 Å². The Kier molecular flexibility index (Phi) is 5.35. The monoisotopic (exact) mass is 412 g/mol. The average Bonchev–Trinajstić information content (AvgIpc) is 2.49. The summed E-state index contributed by atoms with van der Waals surface area (Å²) in [6.45, 7) is 1.88. The molecule has 0 saturated carbocycles. The summed E-state index contributed by atoms with van der Waals surface area (Å²) in [5.74, 6) is -2.73. The number of hydrogen-bond donors (Lipinski definition) is 2. The minimum atomic E-state index is -3.97. The Balaban J connectivity index is 2.13. The van der Waals surface area contributed by atoms with Gasteiger partial charge in [-0.25, -0.2) is 18.2 Å². The van der Waals surface area contributed by atoms with Crippen LogP contribution in [-0.4, -0.2) is 36.1 Å². The fourth-order valence-corrected chi connectivity index (χ4v) is 3.49. The molecule has 0 unspecified atom stereocenters. The summed E-state index contributed by atoms with van der Waals surface area (Å²) in [5, 5.41) is 10.9. The third-order valence-corrected chi connectivity index (χ3v) is 5.20. The lowest BCUT2D eigenvalue weighted by molar-refractivity contribution is -0.113. The second-order valence-electron chi connectivity index (χ2n) is 4.98. The number of pyridine rings is 1. The van der Waals surface area contributed by atoms with E-state index in [0.717, 1.165) is 23.9 Å². The van der Waals surface area contributed by atoms with Crippen LogP contribution in [0.3, 0.4) is 0 Å². The molecular formula is C15H13BrN2O5S. The van der Waals surface area contributed by atoms with Crippen molar-refractivity contribution >= 4 is 43.3 Å². The number of halogens is 1. The van der Waals surface area contributed by atoms with Crippen LogP contribution in [0.25, 0.3) is 0 Å². The summed E-state index contributed by atoms with van der Waals surface area (Å²) in [4.78, 5) is 26.3. The van der Waals surface area contributed by atoms with Gasteiger partial charge in [-0.15, -0.1) is 0 Å². The molecule has 126 valence electrons. The molecular weight excluding hydrogens is 400 g/mol. The van der Waals surface area contributed by atoms with Crippen molar-refractivity contribution in [1.29, 1.82) is 0 Å². The van der Waals surface area contributed by atoms with Gasteiger partial charge in [-0.2, -0.15) is 0 Å². The van der Waals surface area contributed by atoms with Crippen LogP contribution >= 0.6 is 15.9 Å². The summed E-state index contributed by atoms with van der Waals surface area (Å²) in [6.07, 6.45) is 0.934. The number of nitrogens with zero attached hydrogens (tertiary/aromatic N) is 1.